The molecule has 0 amide bonds. The SMILES string of the molecule is CCOC(=O)[C@@H](C)Sc1nc2cc(S(N)(=O)=O)ccc2n1CC. The largest absolute Gasteiger partial charge is 0.465 e. The average Bonchev–Trinajstić information content (AvgIpc) is 2.82. The van der Waals surface area contributed by atoms with Crippen molar-refractivity contribution < 1.29 is 17.9 Å². The molecule has 2 aromatic rings. The van der Waals surface area contributed by atoms with Crippen LogP contribution in [-0.2, 0) is 26.1 Å². The monoisotopic (exact) mass is 357 g/mol. The highest BCUT2D eigenvalue weighted by Gasteiger charge is 2.20. The van der Waals surface area contributed by atoms with Crippen LogP contribution in [0.25, 0.3) is 11.0 Å². The summed E-state index contributed by atoms with van der Waals surface area (Å²) in [6, 6.07) is 4.56. The summed E-state index contributed by atoms with van der Waals surface area (Å²) in [6.45, 7) is 6.42. The number of imidazole rings is 1. The lowest BCUT2D eigenvalue weighted by molar-refractivity contribution is -0.142. The number of benzene rings is 1. The number of sulfonamides is 1. The lowest BCUT2D eigenvalue weighted by Gasteiger charge is -2.10. The lowest BCUT2D eigenvalue weighted by atomic mass is 10.3. The van der Waals surface area contributed by atoms with Gasteiger partial charge in [0.2, 0.25) is 10.0 Å². The van der Waals surface area contributed by atoms with Gasteiger partial charge in [-0.05, 0) is 39.0 Å². The molecule has 0 fully saturated rings. The summed E-state index contributed by atoms with van der Waals surface area (Å²) in [5.41, 5.74) is 1.32. The van der Waals surface area contributed by atoms with Crippen LogP contribution in [0, 0.1) is 0 Å². The molecule has 0 saturated carbocycles. The quantitative estimate of drug-likeness (QED) is 0.624. The molecule has 0 bridgehead atoms. The van der Waals surface area contributed by atoms with Gasteiger partial charge in [-0.25, -0.2) is 18.5 Å². The number of hydrogen-bond donors (Lipinski definition) is 1. The van der Waals surface area contributed by atoms with Crippen LogP contribution in [0.1, 0.15) is 20.8 Å². The third-order valence-corrected chi connectivity index (χ3v) is 5.21. The summed E-state index contributed by atoms with van der Waals surface area (Å²) in [7, 11) is -3.78. The second-order valence-electron chi connectivity index (χ2n) is 4.85. The van der Waals surface area contributed by atoms with Crippen molar-refractivity contribution in [3.05, 3.63) is 18.2 Å². The zero-order valence-electron chi connectivity index (χ0n) is 13.1. The fourth-order valence-corrected chi connectivity index (χ4v) is 3.65. The van der Waals surface area contributed by atoms with Gasteiger partial charge < -0.3 is 9.30 Å². The summed E-state index contributed by atoms with van der Waals surface area (Å²) in [5.74, 6) is -0.308. The van der Waals surface area contributed by atoms with Crippen molar-refractivity contribution in [2.24, 2.45) is 5.14 Å². The molecule has 0 radical (unpaired) electrons. The molecule has 0 aliphatic rings. The predicted molar refractivity (Wildman–Crippen MR) is 88.7 cm³/mol. The van der Waals surface area contributed by atoms with E-state index < -0.39 is 15.3 Å². The van der Waals surface area contributed by atoms with E-state index >= 15 is 0 Å². The molecule has 23 heavy (non-hydrogen) atoms. The number of aryl methyl sites for hydroxylation is 1. The van der Waals surface area contributed by atoms with E-state index in [0.29, 0.717) is 23.8 Å². The van der Waals surface area contributed by atoms with Gasteiger partial charge in [-0.1, -0.05) is 11.8 Å². The number of esters is 1. The van der Waals surface area contributed by atoms with E-state index in [4.69, 9.17) is 9.88 Å². The summed E-state index contributed by atoms with van der Waals surface area (Å²) >= 11 is 1.28. The Morgan fingerprint density at radius 3 is 2.70 bits per heavy atom. The van der Waals surface area contributed by atoms with Gasteiger partial charge >= 0.3 is 5.97 Å². The Hall–Kier alpha value is -1.58. The maximum Gasteiger partial charge on any atom is 0.319 e. The Kier molecular flexibility index (Phi) is 5.33. The van der Waals surface area contributed by atoms with Gasteiger partial charge in [0.1, 0.15) is 5.25 Å². The minimum Gasteiger partial charge on any atom is -0.465 e. The maximum atomic E-state index is 11.8. The molecule has 7 nitrogen and oxygen atoms in total. The Morgan fingerprint density at radius 1 is 1.43 bits per heavy atom. The number of primary sulfonamides is 1. The lowest BCUT2D eigenvalue weighted by Crippen LogP contribution is -2.17. The van der Waals surface area contributed by atoms with Gasteiger partial charge in [0.05, 0.1) is 22.5 Å². The Morgan fingerprint density at radius 2 is 2.13 bits per heavy atom. The van der Waals surface area contributed by atoms with E-state index in [1.165, 1.54) is 23.9 Å². The van der Waals surface area contributed by atoms with Crippen LogP contribution in [0.5, 0.6) is 0 Å². The highest BCUT2D eigenvalue weighted by atomic mass is 32.2. The number of rotatable bonds is 6. The first kappa shape index (κ1) is 17.8. The zero-order valence-corrected chi connectivity index (χ0v) is 14.8. The minimum atomic E-state index is -3.78. The third-order valence-electron chi connectivity index (χ3n) is 3.23. The molecule has 0 spiro atoms. The fraction of sp³-hybridized carbons (Fsp3) is 0.429. The molecule has 1 atom stereocenters. The fourth-order valence-electron chi connectivity index (χ4n) is 2.13. The second-order valence-corrected chi connectivity index (χ2v) is 7.72. The Labute approximate surface area is 139 Å². The average molecular weight is 357 g/mol. The van der Waals surface area contributed by atoms with Crippen LogP contribution >= 0.6 is 11.8 Å². The normalized spacial score (nSPS) is 13.2. The van der Waals surface area contributed by atoms with Gasteiger partial charge in [0.15, 0.2) is 5.16 Å². The van der Waals surface area contributed by atoms with Crippen LogP contribution < -0.4 is 5.14 Å². The topological polar surface area (TPSA) is 104 Å². The van der Waals surface area contributed by atoms with Crippen molar-refractivity contribution in [1.29, 1.82) is 0 Å². The number of nitrogens with zero attached hydrogens (tertiary/aromatic N) is 2. The third kappa shape index (κ3) is 3.85. The van der Waals surface area contributed by atoms with E-state index in [1.807, 2.05) is 11.5 Å². The second kappa shape index (κ2) is 6.90. The van der Waals surface area contributed by atoms with Gasteiger partial charge in [-0.3, -0.25) is 4.79 Å². The van der Waals surface area contributed by atoms with Crippen LogP contribution in [0.15, 0.2) is 28.3 Å². The summed E-state index contributed by atoms with van der Waals surface area (Å²) < 4.78 is 29.8. The van der Waals surface area contributed by atoms with Crippen molar-refractivity contribution in [1.82, 2.24) is 9.55 Å². The van der Waals surface area contributed by atoms with E-state index in [1.54, 1.807) is 19.9 Å². The molecule has 9 heteroatoms. The highest BCUT2D eigenvalue weighted by molar-refractivity contribution is 8.00. The van der Waals surface area contributed by atoms with Crippen LogP contribution in [-0.4, -0.2) is 35.8 Å². The molecule has 1 heterocycles. The molecule has 0 saturated heterocycles. The molecule has 126 valence electrons. The van der Waals surface area contributed by atoms with E-state index in [-0.39, 0.29) is 10.9 Å². The van der Waals surface area contributed by atoms with E-state index in [2.05, 4.69) is 4.98 Å². The Bertz CT molecular complexity index is 830. The number of nitrogens with two attached hydrogens (primary N) is 1. The molecule has 0 unspecified atom stereocenters. The number of aromatic nitrogens is 2. The zero-order chi connectivity index (χ0) is 17.2. The molecule has 0 aliphatic carbocycles. The van der Waals surface area contributed by atoms with Crippen LogP contribution in [0.4, 0.5) is 0 Å². The van der Waals surface area contributed by atoms with Gasteiger partial charge in [-0.2, -0.15) is 0 Å². The number of carbonyl (C=O) groups is 1. The van der Waals surface area contributed by atoms with Crippen molar-refractivity contribution in [3.8, 4) is 0 Å². The van der Waals surface area contributed by atoms with Crippen LogP contribution in [0.2, 0.25) is 0 Å². The van der Waals surface area contributed by atoms with Crippen molar-refractivity contribution in [2.45, 2.75) is 42.6 Å². The minimum absolute atomic E-state index is 0.0146. The van der Waals surface area contributed by atoms with Crippen molar-refractivity contribution >= 4 is 38.8 Å². The number of fused-ring (bicyclic) bond motifs is 1. The van der Waals surface area contributed by atoms with Gasteiger partial charge in [0.25, 0.3) is 0 Å². The van der Waals surface area contributed by atoms with E-state index in [0.717, 1.165) is 5.52 Å². The van der Waals surface area contributed by atoms with Gasteiger partial charge in [0, 0.05) is 6.54 Å². The summed E-state index contributed by atoms with van der Waals surface area (Å²) in [5, 5.41) is 5.38. The molecule has 1 aromatic carbocycles. The van der Waals surface area contributed by atoms with Crippen molar-refractivity contribution in [2.75, 3.05) is 6.61 Å². The molecule has 1 aromatic heterocycles. The van der Waals surface area contributed by atoms with Crippen LogP contribution in [0.3, 0.4) is 0 Å². The first-order valence-corrected chi connectivity index (χ1v) is 9.56. The van der Waals surface area contributed by atoms with Gasteiger partial charge in [-0.15, -0.1) is 0 Å². The van der Waals surface area contributed by atoms with Crippen molar-refractivity contribution in [3.63, 3.8) is 0 Å². The molecule has 2 N–H and O–H groups in total. The summed E-state index contributed by atoms with van der Waals surface area (Å²) in [4.78, 5) is 16.2. The standard InChI is InChI=1S/C14H19N3O4S2/c1-4-17-12-7-6-10(23(15,19)20)8-11(12)16-14(17)22-9(3)13(18)21-5-2/h6-9H,4-5H2,1-3H3,(H2,15,19,20)/t9-/m1/s1. The predicted octanol–water partition coefficient (Wildman–Crippen LogP) is 1.75. The smallest absolute Gasteiger partial charge is 0.319 e. The first-order chi connectivity index (χ1) is 10.8. The number of thioether (sulfide) groups is 1. The first-order valence-electron chi connectivity index (χ1n) is 7.14. The number of hydrogen-bond acceptors (Lipinski definition) is 6. The number of ether oxygens (including phenoxy) is 1. The Balaban J connectivity index is 2.42. The molecular formula is C14H19N3O4S2. The number of carbonyl (C=O) groups excluding carboxylic acids is 1. The molecular weight excluding hydrogens is 338 g/mol. The highest BCUT2D eigenvalue weighted by Crippen LogP contribution is 2.28. The van der Waals surface area contributed by atoms with E-state index in [9.17, 15) is 13.2 Å². The molecule has 0 aliphatic heterocycles. The molecule has 2 rings (SSSR count). The maximum absolute atomic E-state index is 11.8. The summed E-state index contributed by atoms with van der Waals surface area (Å²) in [6.07, 6.45) is 0.